The third-order valence-electron chi connectivity index (χ3n) is 1.19. The molecule has 0 aromatic heterocycles. The van der Waals surface area contributed by atoms with Gasteiger partial charge in [-0.05, 0) is 0 Å². The number of hydrogen-bond donors (Lipinski definition) is 1. The maximum Gasteiger partial charge on any atom is 0.266 e. The number of carbonyl (C=O) groups excluding carboxylic acids is 3. The zero-order valence-electron chi connectivity index (χ0n) is 7.50. The fourth-order valence-corrected chi connectivity index (χ4v) is 0.748. The van der Waals surface area contributed by atoms with E-state index in [1.807, 2.05) is 0 Å². The minimum Gasteiger partial charge on any atom is -0.490 e. The molecule has 1 heterocycles. The number of imide groups is 1. The van der Waals surface area contributed by atoms with E-state index in [1.165, 1.54) is 0 Å². The van der Waals surface area contributed by atoms with Crippen LogP contribution in [-0.4, -0.2) is 49.4 Å². The fraction of sp³-hybridized carbons (Fsp3) is 0.333. The molecule has 0 aliphatic carbocycles. The molecule has 1 rings (SSSR count). The van der Waals surface area contributed by atoms with Crippen LogP contribution in [0.4, 0.5) is 9.59 Å². The monoisotopic (exact) mass is 209 g/mol. The summed E-state index contributed by atoms with van der Waals surface area (Å²) in [6.45, 7) is 0. The smallest absolute Gasteiger partial charge is 0.266 e. The normalized spacial score (nSPS) is 14.3. The standard InChI is InChI=1S/C5H4BNO4.CHBO2/c6-5(10)11-7-3(8)1-2-4(7)9;2-1(3)4/h1-2H2;(H,3,4). The second-order valence-electron chi connectivity index (χ2n) is 2.33. The summed E-state index contributed by atoms with van der Waals surface area (Å²) in [5, 5.41) is 7.59. The van der Waals surface area contributed by atoms with Crippen molar-refractivity contribution in [2.75, 3.05) is 0 Å². The maximum absolute atomic E-state index is 10.7. The number of carboxylic acid groups (broad SMARTS) is 1. The summed E-state index contributed by atoms with van der Waals surface area (Å²) in [7, 11) is 8.62. The molecule has 15 heavy (non-hydrogen) atoms. The Kier molecular flexibility index (Phi) is 5.14. The molecule has 7 nitrogen and oxygen atoms in total. The van der Waals surface area contributed by atoms with Crippen molar-refractivity contribution in [2.24, 2.45) is 0 Å². The van der Waals surface area contributed by atoms with Gasteiger partial charge in [0.25, 0.3) is 17.7 Å². The van der Waals surface area contributed by atoms with Gasteiger partial charge in [-0.15, -0.1) is 5.06 Å². The van der Waals surface area contributed by atoms with Crippen LogP contribution in [0.15, 0.2) is 0 Å². The van der Waals surface area contributed by atoms with Gasteiger partial charge in [0.15, 0.2) is 0 Å². The van der Waals surface area contributed by atoms with Crippen molar-refractivity contribution < 1.29 is 29.1 Å². The van der Waals surface area contributed by atoms with Crippen LogP contribution in [0.25, 0.3) is 0 Å². The molecule has 0 unspecified atom stereocenters. The number of carbonyl (C=O) groups is 4. The van der Waals surface area contributed by atoms with E-state index in [0.29, 0.717) is 5.06 Å². The average Bonchev–Trinajstić information content (AvgIpc) is 2.34. The fourth-order valence-electron chi connectivity index (χ4n) is 0.748. The molecule has 1 aliphatic rings. The molecule has 0 aromatic carbocycles. The molecule has 0 bridgehead atoms. The van der Waals surface area contributed by atoms with Crippen LogP contribution < -0.4 is 0 Å². The predicted octanol–water partition coefficient (Wildman–Crippen LogP) is -0.812. The Morgan fingerprint density at radius 1 is 1.20 bits per heavy atom. The van der Waals surface area contributed by atoms with E-state index >= 15 is 0 Å². The van der Waals surface area contributed by atoms with Gasteiger partial charge in [-0.3, -0.25) is 19.2 Å². The summed E-state index contributed by atoms with van der Waals surface area (Å²) >= 11 is 0. The Bertz CT molecular complexity index is 284. The van der Waals surface area contributed by atoms with Crippen LogP contribution in [0.2, 0.25) is 0 Å². The van der Waals surface area contributed by atoms with Crippen LogP contribution in [0, 0.1) is 0 Å². The first-order chi connectivity index (χ1) is 6.84. The number of rotatable bonds is 1. The largest absolute Gasteiger partial charge is 0.490 e. The highest BCUT2D eigenvalue weighted by Gasteiger charge is 2.31. The third-order valence-corrected chi connectivity index (χ3v) is 1.19. The molecule has 1 N–H and O–H groups in total. The van der Waals surface area contributed by atoms with Gasteiger partial charge in [-0.2, -0.15) is 0 Å². The van der Waals surface area contributed by atoms with Crippen molar-refractivity contribution >= 4 is 39.2 Å². The van der Waals surface area contributed by atoms with Gasteiger partial charge >= 0.3 is 0 Å². The molecule has 0 atom stereocenters. The van der Waals surface area contributed by atoms with E-state index in [-0.39, 0.29) is 12.8 Å². The zero-order chi connectivity index (χ0) is 12.0. The summed E-state index contributed by atoms with van der Waals surface area (Å²) in [4.78, 5) is 44.4. The van der Waals surface area contributed by atoms with Crippen molar-refractivity contribution in [3.05, 3.63) is 0 Å². The molecule has 9 heteroatoms. The maximum atomic E-state index is 10.7. The van der Waals surface area contributed by atoms with E-state index in [1.54, 1.807) is 0 Å². The highest BCUT2D eigenvalue weighted by atomic mass is 16.7. The zero-order valence-corrected chi connectivity index (χ0v) is 7.50. The first-order valence-corrected chi connectivity index (χ1v) is 3.66. The van der Waals surface area contributed by atoms with E-state index in [9.17, 15) is 14.4 Å². The summed E-state index contributed by atoms with van der Waals surface area (Å²) in [6.07, 6.45) is 0.151. The number of nitrogens with zero attached hydrogens (tertiary/aromatic N) is 1. The van der Waals surface area contributed by atoms with Gasteiger partial charge in [-0.25, -0.2) is 0 Å². The Labute approximate surface area is 87.1 Å². The molecule has 0 saturated carbocycles. The molecule has 1 fully saturated rings. The second kappa shape index (κ2) is 5.84. The Balaban J connectivity index is 0.000000423. The average molecular weight is 209 g/mol. The molecule has 76 valence electrons. The summed E-state index contributed by atoms with van der Waals surface area (Å²) < 4.78 is 0. The third kappa shape index (κ3) is 5.50. The Morgan fingerprint density at radius 3 is 1.80 bits per heavy atom. The molecule has 0 spiro atoms. The topological polar surface area (TPSA) is 101 Å². The minimum atomic E-state index is -1.33. The van der Waals surface area contributed by atoms with Gasteiger partial charge in [-0.1, -0.05) is 0 Å². The van der Waals surface area contributed by atoms with Gasteiger partial charge in [0.1, 0.15) is 0 Å². The minimum absolute atomic E-state index is 0.0755. The summed E-state index contributed by atoms with van der Waals surface area (Å²) in [6, 6.07) is 0. The predicted molar refractivity (Wildman–Crippen MR) is 47.1 cm³/mol. The number of hydroxylamine groups is 2. The lowest BCUT2D eigenvalue weighted by Gasteiger charge is -2.10. The Morgan fingerprint density at radius 2 is 1.53 bits per heavy atom. The van der Waals surface area contributed by atoms with Crippen molar-refractivity contribution in [2.45, 2.75) is 12.8 Å². The summed E-state index contributed by atoms with van der Waals surface area (Å²) in [5.74, 6) is -3.56. The molecular weight excluding hydrogens is 204 g/mol. The number of amides is 2. The molecule has 4 radical (unpaired) electrons. The highest BCUT2D eigenvalue weighted by Crippen LogP contribution is 2.11. The van der Waals surface area contributed by atoms with Crippen LogP contribution in [-0.2, 0) is 14.4 Å². The van der Waals surface area contributed by atoms with Gasteiger partial charge in [0, 0.05) is 12.8 Å². The van der Waals surface area contributed by atoms with Crippen molar-refractivity contribution in [1.29, 1.82) is 0 Å². The van der Waals surface area contributed by atoms with Crippen molar-refractivity contribution in [3.63, 3.8) is 0 Å². The summed E-state index contributed by atoms with van der Waals surface area (Å²) in [5.41, 5.74) is 0. The van der Waals surface area contributed by atoms with E-state index in [0.717, 1.165) is 0 Å². The number of hydrogen-bond acceptors (Lipinski definition) is 5. The molecule has 1 aliphatic heterocycles. The first kappa shape index (κ1) is 13.2. The van der Waals surface area contributed by atoms with Crippen LogP contribution in [0.3, 0.4) is 0 Å². The SMILES string of the molecule is [B]C(=O)O.[B]C(=O)ON1C(=O)CCC1=O. The lowest BCUT2D eigenvalue weighted by Crippen LogP contribution is -2.31. The quantitative estimate of drug-likeness (QED) is 0.447. The van der Waals surface area contributed by atoms with E-state index < -0.39 is 23.6 Å². The van der Waals surface area contributed by atoms with Crippen molar-refractivity contribution in [3.8, 4) is 0 Å². The van der Waals surface area contributed by atoms with Gasteiger partial charge < -0.3 is 9.94 Å². The van der Waals surface area contributed by atoms with Crippen LogP contribution in [0.5, 0.6) is 0 Å². The highest BCUT2D eigenvalue weighted by molar-refractivity contribution is 6.55. The lowest BCUT2D eigenvalue weighted by atomic mass is 10.2. The molecule has 0 aromatic rings. The second-order valence-corrected chi connectivity index (χ2v) is 2.33. The van der Waals surface area contributed by atoms with E-state index in [4.69, 9.17) is 9.90 Å². The molecule has 2 amide bonds. The van der Waals surface area contributed by atoms with Crippen molar-refractivity contribution in [1.82, 2.24) is 5.06 Å². The Hall–Kier alpha value is -1.79. The molecular formula is C6H5B2NO6. The lowest BCUT2D eigenvalue weighted by molar-refractivity contribution is -0.169. The van der Waals surface area contributed by atoms with Crippen LogP contribution >= 0.6 is 0 Å². The van der Waals surface area contributed by atoms with Gasteiger partial charge in [0.2, 0.25) is 21.6 Å². The first-order valence-electron chi connectivity index (χ1n) is 3.66. The van der Waals surface area contributed by atoms with E-state index in [2.05, 4.69) is 20.5 Å². The van der Waals surface area contributed by atoms with Crippen LogP contribution in [0.1, 0.15) is 12.8 Å². The van der Waals surface area contributed by atoms with Gasteiger partial charge in [0.05, 0.1) is 0 Å². The molecule has 1 saturated heterocycles.